The molecular weight excluding hydrogens is 190 g/mol. The van der Waals surface area contributed by atoms with E-state index in [4.69, 9.17) is 5.11 Å². The lowest BCUT2D eigenvalue weighted by molar-refractivity contribution is 0.229. The van der Waals surface area contributed by atoms with E-state index in [0.717, 1.165) is 17.9 Å². The summed E-state index contributed by atoms with van der Waals surface area (Å²) in [5.74, 6) is 0.786. The van der Waals surface area contributed by atoms with Crippen LogP contribution in [0.3, 0.4) is 0 Å². The second kappa shape index (κ2) is 5.19. The molecule has 4 heteroatoms. The van der Waals surface area contributed by atoms with Crippen LogP contribution in [0.25, 0.3) is 0 Å². The standard InChI is InChI=1S/C11H19N3O/c1-9-12-6-4-10(14-9)8-13-11(2,3)5-7-15/h4,6,13,15H,5,7-8H2,1-3H3. The van der Waals surface area contributed by atoms with Gasteiger partial charge in [0.25, 0.3) is 0 Å². The van der Waals surface area contributed by atoms with Crippen molar-refractivity contribution in [3.63, 3.8) is 0 Å². The van der Waals surface area contributed by atoms with Crippen LogP contribution in [-0.2, 0) is 6.54 Å². The number of aryl methyl sites for hydroxylation is 1. The molecule has 0 amide bonds. The van der Waals surface area contributed by atoms with Gasteiger partial charge in [0.15, 0.2) is 0 Å². The van der Waals surface area contributed by atoms with Crippen molar-refractivity contribution in [2.45, 2.75) is 39.3 Å². The molecule has 1 aromatic rings. The molecular formula is C11H19N3O. The van der Waals surface area contributed by atoms with Gasteiger partial charge in [-0.2, -0.15) is 0 Å². The Labute approximate surface area is 90.8 Å². The van der Waals surface area contributed by atoms with Gasteiger partial charge in [0, 0.05) is 24.9 Å². The number of aromatic nitrogens is 2. The lowest BCUT2D eigenvalue weighted by Gasteiger charge is -2.25. The molecule has 1 heterocycles. The Morgan fingerprint density at radius 1 is 1.47 bits per heavy atom. The maximum Gasteiger partial charge on any atom is 0.125 e. The first kappa shape index (κ1) is 12.1. The largest absolute Gasteiger partial charge is 0.396 e. The van der Waals surface area contributed by atoms with E-state index in [1.54, 1.807) is 6.20 Å². The SMILES string of the molecule is Cc1nccc(CNC(C)(C)CCO)n1. The highest BCUT2D eigenvalue weighted by atomic mass is 16.3. The zero-order valence-corrected chi connectivity index (χ0v) is 9.62. The van der Waals surface area contributed by atoms with Crippen LogP contribution in [0.15, 0.2) is 12.3 Å². The summed E-state index contributed by atoms with van der Waals surface area (Å²) in [7, 11) is 0. The van der Waals surface area contributed by atoms with Gasteiger partial charge in [0.2, 0.25) is 0 Å². The van der Waals surface area contributed by atoms with Crippen LogP contribution in [0.4, 0.5) is 0 Å². The number of hydrogen-bond donors (Lipinski definition) is 2. The van der Waals surface area contributed by atoms with Crippen molar-refractivity contribution in [1.82, 2.24) is 15.3 Å². The fourth-order valence-corrected chi connectivity index (χ4v) is 1.30. The van der Waals surface area contributed by atoms with Gasteiger partial charge in [-0.1, -0.05) is 0 Å². The summed E-state index contributed by atoms with van der Waals surface area (Å²) in [5.41, 5.74) is 0.918. The second-order valence-electron chi connectivity index (χ2n) is 4.31. The van der Waals surface area contributed by atoms with Gasteiger partial charge < -0.3 is 10.4 Å². The van der Waals surface area contributed by atoms with Crippen molar-refractivity contribution in [3.8, 4) is 0 Å². The minimum Gasteiger partial charge on any atom is -0.396 e. The van der Waals surface area contributed by atoms with Gasteiger partial charge in [-0.15, -0.1) is 0 Å². The topological polar surface area (TPSA) is 58.0 Å². The van der Waals surface area contributed by atoms with Gasteiger partial charge >= 0.3 is 0 Å². The average molecular weight is 209 g/mol. The summed E-state index contributed by atoms with van der Waals surface area (Å²) in [5, 5.41) is 12.2. The lowest BCUT2D eigenvalue weighted by Crippen LogP contribution is -2.39. The molecule has 84 valence electrons. The van der Waals surface area contributed by atoms with Gasteiger partial charge in [-0.3, -0.25) is 0 Å². The Bertz CT molecular complexity index is 312. The third-order valence-corrected chi connectivity index (χ3v) is 2.32. The van der Waals surface area contributed by atoms with Crippen molar-refractivity contribution < 1.29 is 5.11 Å². The molecule has 0 aliphatic heterocycles. The Kier molecular flexibility index (Phi) is 4.17. The van der Waals surface area contributed by atoms with Crippen LogP contribution in [-0.4, -0.2) is 27.2 Å². The molecule has 2 N–H and O–H groups in total. The maximum atomic E-state index is 8.88. The highest BCUT2D eigenvalue weighted by Gasteiger charge is 2.15. The molecule has 0 aliphatic rings. The Morgan fingerprint density at radius 3 is 2.80 bits per heavy atom. The Hall–Kier alpha value is -1.00. The molecule has 4 nitrogen and oxygen atoms in total. The fourth-order valence-electron chi connectivity index (χ4n) is 1.30. The minimum absolute atomic E-state index is 0.0619. The van der Waals surface area contributed by atoms with Crippen molar-refractivity contribution in [1.29, 1.82) is 0 Å². The molecule has 15 heavy (non-hydrogen) atoms. The zero-order valence-electron chi connectivity index (χ0n) is 9.62. The molecule has 0 aliphatic carbocycles. The van der Waals surface area contributed by atoms with E-state index >= 15 is 0 Å². The summed E-state index contributed by atoms with van der Waals surface area (Å²) >= 11 is 0. The van der Waals surface area contributed by atoms with Crippen molar-refractivity contribution in [3.05, 3.63) is 23.8 Å². The summed E-state index contributed by atoms with van der Waals surface area (Å²) in [6.45, 7) is 6.91. The van der Waals surface area contributed by atoms with Gasteiger partial charge in [0.05, 0.1) is 5.69 Å². The highest BCUT2D eigenvalue weighted by Crippen LogP contribution is 2.08. The van der Waals surface area contributed by atoms with Crippen molar-refractivity contribution in [2.24, 2.45) is 0 Å². The highest BCUT2D eigenvalue weighted by molar-refractivity contribution is 5.01. The zero-order chi connectivity index (χ0) is 11.3. The van der Waals surface area contributed by atoms with E-state index in [0.29, 0.717) is 6.54 Å². The van der Waals surface area contributed by atoms with Crippen LogP contribution < -0.4 is 5.32 Å². The predicted octanol–water partition coefficient (Wildman–Crippen LogP) is 1.04. The monoisotopic (exact) mass is 209 g/mol. The molecule has 0 aromatic carbocycles. The van der Waals surface area contributed by atoms with E-state index in [1.165, 1.54) is 0 Å². The molecule has 1 rings (SSSR count). The summed E-state index contributed by atoms with van der Waals surface area (Å²) < 4.78 is 0. The molecule has 0 fully saturated rings. The average Bonchev–Trinajstić information content (AvgIpc) is 2.15. The Balaban J connectivity index is 2.49. The van der Waals surface area contributed by atoms with Crippen molar-refractivity contribution in [2.75, 3.05) is 6.61 Å². The number of aliphatic hydroxyl groups excluding tert-OH is 1. The van der Waals surface area contributed by atoms with E-state index in [-0.39, 0.29) is 12.1 Å². The number of aliphatic hydroxyl groups is 1. The minimum atomic E-state index is -0.0619. The normalized spacial score (nSPS) is 11.7. The second-order valence-corrected chi connectivity index (χ2v) is 4.31. The van der Waals surface area contributed by atoms with E-state index in [9.17, 15) is 0 Å². The number of nitrogens with one attached hydrogen (secondary N) is 1. The first-order chi connectivity index (χ1) is 7.03. The number of hydrogen-bond acceptors (Lipinski definition) is 4. The number of rotatable bonds is 5. The first-order valence-corrected chi connectivity index (χ1v) is 5.18. The molecule has 0 bridgehead atoms. The van der Waals surface area contributed by atoms with E-state index < -0.39 is 0 Å². The molecule has 1 aromatic heterocycles. The van der Waals surface area contributed by atoms with Crippen LogP contribution in [0.1, 0.15) is 31.8 Å². The molecule has 0 saturated heterocycles. The third kappa shape index (κ3) is 4.36. The maximum absolute atomic E-state index is 8.88. The molecule has 0 atom stereocenters. The summed E-state index contributed by atoms with van der Waals surface area (Å²) in [4.78, 5) is 8.34. The summed E-state index contributed by atoms with van der Waals surface area (Å²) in [6, 6.07) is 1.90. The van der Waals surface area contributed by atoms with E-state index in [1.807, 2.05) is 13.0 Å². The Morgan fingerprint density at radius 2 is 2.20 bits per heavy atom. The number of nitrogens with zero attached hydrogens (tertiary/aromatic N) is 2. The van der Waals surface area contributed by atoms with Gasteiger partial charge in [-0.05, 0) is 33.3 Å². The summed E-state index contributed by atoms with van der Waals surface area (Å²) in [6.07, 6.45) is 2.50. The first-order valence-electron chi connectivity index (χ1n) is 5.18. The third-order valence-electron chi connectivity index (χ3n) is 2.32. The molecule has 0 radical (unpaired) electrons. The molecule has 0 saturated carbocycles. The van der Waals surface area contributed by atoms with Crippen LogP contribution in [0.5, 0.6) is 0 Å². The molecule has 0 unspecified atom stereocenters. The molecule has 0 spiro atoms. The van der Waals surface area contributed by atoms with E-state index in [2.05, 4.69) is 29.1 Å². The predicted molar refractivity (Wildman–Crippen MR) is 59.4 cm³/mol. The lowest BCUT2D eigenvalue weighted by atomic mass is 10.0. The van der Waals surface area contributed by atoms with Gasteiger partial charge in [0.1, 0.15) is 5.82 Å². The van der Waals surface area contributed by atoms with Gasteiger partial charge in [-0.25, -0.2) is 9.97 Å². The quantitative estimate of drug-likeness (QED) is 0.760. The smallest absolute Gasteiger partial charge is 0.125 e. The van der Waals surface area contributed by atoms with Crippen LogP contribution in [0.2, 0.25) is 0 Å². The van der Waals surface area contributed by atoms with Crippen LogP contribution in [0, 0.1) is 6.92 Å². The van der Waals surface area contributed by atoms with Crippen molar-refractivity contribution >= 4 is 0 Å². The fraction of sp³-hybridized carbons (Fsp3) is 0.636. The van der Waals surface area contributed by atoms with Crippen LogP contribution >= 0.6 is 0 Å².